The lowest BCUT2D eigenvalue weighted by atomic mass is 9.97. The minimum Gasteiger partial charge on any atom is -0.481 e. The number of carbonyl (C=O) groups is 4. The summed E-state index contributed by atoms with van der Waals surface area (Å²) in [5.41, 5.74) is 5.50. The SMILES string of the molecule is CC[C@H](C)[C@H](NC(=O)[C@@H](N)CC(=O)O)C(=O)N[C@@H](CCSC)C(=O)O. The molecule has 0 spiro atoms. The highest BCUT2D eigenvalue weighted by Crippen LogP contribution is 2.10. The third kappa shape index (κ3) is 8.73. The Morgan fingerprint density at radius 1 is 1.12 bits per heavy atom. The van der Waals surface area contributed by atoms with E-state index in [1.54, 1.807) is 6.92 Å². The molecule has 0 saturated heterocycles. The van der Waals surface area contributed by atoms with Gasteiger partial charge in [0.15, 0.2) is 0 Å². The van der Waals surface area contributed by atoms with Gasteiger partial charge >= 0.3 is 11.9 Å². The van der Waals surface area contributed by atoms with Gasteiger partial charge in [-0.2, -0.15) is 11.8 Å². The first kappa shape index (κ1) is 23.2. The third-order valence-electron chi connectivity index (χ3n) is 3.75. The molecule has 144 valence electrons. The fourth-order valence-electron chi connectivity index (χ4n) is 2.00. The number of nitrogens with one attached hydrogen (secondary N) is 2. The normalized spacial score (nSPS) is 15.5. The van der Waals surface area contributed by atoms with Gasteiger partial charge in [0, 0.05) is 0 Å². The maximum atomic E-state index is 12.4. The predicted octanol–water partition coefficient (Wildman–Crippen LogP) is -0.358. The van der Waals surface area contributed by atoms with Crippen LogP contribution in [0.1, 0.15) is 33.1 Å². The van der Waals surface area contributed by atoms with E-state index in [1.807, 2.05) is 13.2 Å². The summed E-state index contributed by atoms with van der Waals surface area (Å²) >= 11 is 1.46. The lowest BCUT2D eigenvalue weighted by molar-refractivity contribution is -0.143. The van der Waals surface area contributed by atoms with E-state index in [0.717, 1.165) is 0 Å². The Morgan fingerprint density at radius 2 is 1.72 bits per heavy atom. The molecule has 0 bridgehead atoms. The number of carboxylic acids is 2. The summed E-state index contributed by atoms with van der Waals surface area (Å²) in [5.74, 6) is -3.50. The summed E-state index contributed by atoms with van der Waals surface area (Å²) in [6, 6.07) is -3.34. The lowest BCUT2D eigenvalue weighted by Gasteiger charge is -2.26. The molecule has 0 heterocycles. The monoisotopic (exact) mass is 377 g/mol. The molecule has 0 radical (unpaired) electrons. The second kappa shape index (κ2) is 11.7. The zero-order valence-electron chi connectivity index (χ0n) is 14.7. The molecule has 2 amide bonds. The number of amides is 2. The molecule has 25 heavy (non-hydrogen) atoms. The Hall–Kier alpha value is -1.81. The predicted molar refractivity (Wildman–Crippen MR) is 94.2 cm³/mol. The molecule has 0 aromatic heterocycles. The molecule has 0 aromatic rings. The minimum absolute atomic E-state index is 0.252. The molecule has 0 aliphatic rings. The topological polar surface area (TPSA) is 159 Å². The van der Waals surface area contributed by atoms with Crippen LogP contribution < -0.4 is 16.4 Å². The number of hydrogen-bond donors (Lipinski definition) is 5. The fourth-order valence-corrected chi connectivity index (χ4v) is 2.47. The molecule has 0 aromatic carbocycles. The zero-order valence-corrected chi connectivity index (χ0v) is 15.5. The summed E-state index contributed by atoms with van der Waals surface area (Å²) in [5, 5.41) is 22.7. The van der Waals surface area contributed by atoms with Crippen LogP contribution in [-0.2, 0) is 19.2 Å². The fraction of sp³-hybridized carbons (Fsp3) is 0.733. The molecule has 0 aliphatic heterocycles. The standard InChI is InChI=1S/C15H27N3O6S/c1-4-8(2)12(18-13(21)9(16)7-11(19)20)14(22)17-10(15(23)24)5-6-25-3/h8-10,12H,4-7,16H2,1-3H3,(H,17,22)(H,18,21)(H,19,20)(H,23,24)/t8-,9-,10-,12-/m0/s1. The van der Waals surface area contributed by atoms with Gasteiger partial charge in [-0.25, -0.2) is 4.79 Å². The minimum atomic E-state index is -1.29. The zero-order chi connectivity index (χ0) is 19.6. The van der Waals surface area contributed by atoms with Crippen LogP contribution in [0, 0.1) is 5.92 Å². The van der Waals surface area contributed by atoms with Crippen LogP contribution in [0.4, 0.5) is 0 Å². The summed E-state index contributed by atoms with van der Waals surface area (Å²) in [7, 11) is 0. The van der Waals surface area contributed by atoms with Gasteiger partial charge < -0.3 is 26.6 Å². The Balaban J connectivity index is 5.05. The van der Waals surface area contributed by atoms with Crippen molar-refractivity contribution in [1.29, 1.82) is 0 Å². The molecule has 0 rings (SSSR count). The second-order valence-corrected chi connectivity index (χ2v) is 6.74. The van der Waals surface area contributed by atoms with Gasteiger partial charge in [0.1, 0.15) is 12.1 Å². The van der Waals surface area contributed by atoms with Crippen LogP contribution in [0.15, 0.2) is 0 Å². The largest absolute Gasteiger partial charge is 0.481 e. The summed E-state index contributed by atoms with van der Waals surface area (Å²) in [6.45, 7) is 3.54. The maximum absolute atomic E-state index is 12.4. The van der Waals surface area contributed by atoms with Crippen LogP contribution in [-0.4, -0.2) is 64.1 Å². The summed E-state index contributed by atoms with van der Waals surface area (Å²) in [6.07, 6.45) is 2.07. The Morgan fingerprint density at radius 3 is 2.16 bits per heavy atom. The number of carbonyl (C=O) groups excluding carboxylic acids is 2. The van der Waals surface area contributed by atoms with Crippen molar-refractivity contribution in [3.05, 3.63) is 0 Å². The quantitative estimate of drug-likeness (QED) is 0.308. The van der Waals surface area contributed by atoms with Crippen LogP contribution in [0.5, 0.6) is 0 Å². The van der Waals surface area contributed by atoms with Crippen molar-refractivity contribution in [3.8, 4) is 0 Å². The number of hydrogen-bond acceptors (Lipinski definition) is 6. The molecule has 0 fully saturated rings. The van der Waals surface area contributed by atoms with E-state index in [-0.39, 0.29) is 12.3 Å². The molecule has 9 nitrogen and oxygen atoms in total. The second-order valence-electron chi connectivity index (χ2n) is 5.76. The van der Waals surface area contributed by atoms with Gasteiger partial charge in [0.2, 0.25) is 11.8 Å². The van der Waals surface area contributed by atoms with Crippen molar-refractivity contribution in [2.24, 2.45) is 11.7 Å². The van der Waals surface area contributed by atoms with Crippen LogP contribution >= 0.6 is 11.8 Å². The molecule has 0 saturated carbocycles. The molecular formula is C15H27N3O6S. The van der Waals surface area contributed by atoms with Crippen molar-refractivity contribution in [3.63, 3.8) is 0 Å². The van der Waals surface area contributed by atoms with Crippen molar-refractivity contribution < 1.29 is 29.4 Å². The number of thioether (sulfide) groups is 1. The highest BCUT2D eigenvalue weighted by molar-refractivity contribution is 7.98. The van der Waals surface area contributed by atoms with Gasteiger partial charge in [-0.15, -0.1) is 0 Å². The highest BCUT2D eigenvalue weighted by atomic mass is 32.2. The van der Waals surface area contributed by atoms with Crippen molar-refractivity contribution in [2.45, 2.75) is 51.2 Å². The number of aliphatic carboxylic acids is 2. The number of nitrogens with two attached hydrogens (primary N) is 1. The van der Waals surface area contributed by atoms with E-state index >= 15 is 0 Å². The average molecular weight is 377 g/mol. The van der Waals surface area contributed by atoms with Crippen LogP contribution in [0.2, 0.25) is 0 Å². The highest BCUT2D eigenvalue weighted by Gasteiger charge is 2.31. The molecular weight excluding hydrogens is 350 g/mol. The molecule has 10 heteroatoms. The van der Waals surface area contributed by atoms with E-state index in [4.69, 9.17) is 10.8 Å². The average Bonchev–Trinajstić information content (AvgIpc) is 2.54. The van der Waals surface area contributed by atoms with Gasteiger partial charge in [-0.05, 0) is 24.3 Å². The maximum Gasteiger partial charge on any atom is 0.326 e. The van der Waals surface area contributed by atoms with Gasteiger partial charge in [-0.3, -0.25) is 14.4 Å². The first-order valence-electron chi connectivity index (χ1n) is 7.93. The Bertz CT molecular complexity index is 488. The van der Waals surface area contributed by atoms with E-state index in [0.29, 0.717) is 12.2 Å². The van der Waals surface area contributed by atoms with E-state index in [9.17, 15) is 24.3 Å². The third-order valence-corrected chi connectivity index (χ3v) is 4.39. The van der Waals surface area contributed by atoms with Crippen molar-refractivity contribution >= 4 is 35.5 Å². The first-order chi connectivity index (χ1) is 11.6. The van der Waals surface area contributed by atoms with E-state index in [2.05, 4.69) is 10.6 Å². The Labute approximate surface area is 151 Å². The molecule has 0 aliphatic carbocycles. The van der Waals surface area contributed by atoms with Crippen LogP contribution in [0.25, 0.3) is 0 Å². The van der Waals surface area contributed by atoms with E-state index in [1.165, 1.54) is 11.8 Å². The Kier molecular flexibility index (Phi) is 10.8. The number of carboxylic acid groups (broad SMARTS) is 2. The smallest absolute Gasteiger partial charge is 0.326 e. The van der Waals surface area contributed by atoms with Crippen LogP contribution in [0.3, 0.4) is 0 Å². The van der Waals surface area contributed by atoms with Gasteiger partial charge in [-0.1, -0.05) is 20.3 Å². The molecule has 6 N–H and O–H groups in total. The van der Waals surface area contributed by atoms with Gasteiger partial charge in [0.05, 0.1) is 12.5 Å². The van der Waals surface area contributed by atoms with E-state index < -0.39 is 48.3 Å². The summed E-state index contributed by atoms with van der Waals surface area (Å²) in [4.78, 5) is 46.4. The van der Waals surface area contributed by atoms with Crippen molar-refractivity contribution in [2.75, 3.05) is 12.0 Å². The van der Waals surface area contributed by atoms with Crippen molar-refractivity contribution in [1.82, 2.24) is 10.6 Å². The molecule has 0 unspecified atom stereocenters. The lowest BCUT2D eigenvalue weighted by Crippen LogP contribution is -2.56. The number of rotatable bonds is 12. The molecule has 4 atom stereocenters. The first-order valence-corrected chi connectivity index (χ1v) is 9.33. The summed E-state index contributed by atoms with van der Waals surface area (Å²) < 4.78 is 0. The van der Waals surface area contributed by atoms with Gasteiger partial charge in [0.25, 0.3) is 0 Å².